The number of hydrogen-bond acceptors (Lipinski definition) is 2. The van der Waals surface area contributed by atoms with E-state index in [2.05, 4.69) is 6.92 Å². The van der Waals surface area contributed by atoms with Crippen molar-refractivity contribution >= 4 is 0 Å². The first kappa shape index (κ1) is 11.4. The Kier molecular flexibility index (Phi) is 3.68. The van der Waals surface area contributed by atoms with Crippen LogP contribution in [0.1, 0.15) is 58.3 Å². The lowest BCUT2D eigenvalue weighted by molar-refractivity contribution is -0.146. The standard InChI is InChI=1S/C13H25NO/c1-2-11-5-8-13(9-6-11)7-3-4-12(10-14)15-13/h11-12H,2-10,14H2,1H3. The van der Waals surface area contributed by atoms with Gasteiger partial charge in [0.05, 0.1) is 11.7 Å². The molecule has 15 heavy (non-hydrogen) atoms. The minimum atomic E-state index is 0.230. The summed E-state index contributed by atoms with van der Waals surface area (Å²) >= 11 is 0. The Morgan fingerprint density at radius 1 is 1.20 bits per heavy atom. The lowest BCUT2D eigenvalue weighted by Crippen LogP contribution is -2.45. The number of hydrogen-bond donors (Lipinski definition) is 1. The van der Waals surface area contributed by atoms with Crippen molar-refractivity contribution in [1.29, 1.82) is 0 Å². The van der Waals surface area contributed by atoms with Crippen molar-refractivity contribution in [3.05, 3.63) is 0 Å². The Labute approximate surface area is 93.6 Å². The van der Waals surface area contributed by atoms with Gasteiger partial charge in [-0.05, 0) is 50.9 Å². The van der Waals surface area contributed by atoms with Crippen LogP contribution in [0.4, 0.5) is 0 Å². The molecule has 2 rings (SSSR count). The third kappa shape index (κ3) is 2.54. The highest BCUT2D eigenvalue weighted by Gasteiger charge is 2.39. The first-order valence-electron chi connectivity index (χ1n) is 6.66. The Morgan fingerprint density at radius 3 is 2.53 bits per heavy atom. The van der Waals surface area contributed by atoms with Gasteiger partial charge in [0.2, 0.25) is 0 Å². The molecule has 1 spiro atoms. The summed E-state index contributed by atoms with van der Waals surface area (Å²) in [5.41, 5.74) is 5.95. The van der Waals surface area contributed by atoms with E-state index in [-0.39, 0.29) is 5.60 Å². The molecule has 1 saturated carbocycles. The molecule has 2 aliphatic rings. The molecule has 2 heteroatoms. The van der Waals surface area contributed by atoms with Crippen molar-refractivity contribution in [2.24, 2.45) is 11.7 Å². The highest BCUT2D eigenvalue weighted by atomic mass is 16.5. The topological polar surface area (TPSA) is 35.2 Å². The van der Waals surface area contributed by atoms with Gasteiger partial charge in [-0.2, -0.15) is 0 Å². The Balaban J connectivity index is 1.90. The molecule has 1 saturated heterocycles. The average molecular weight is 211 g/mol. The zero-order valence-corrected chi connectivity index (χ0v) is 10.0. The molecule has 0 aromatic rings. The monoisotopic (exact) mass is 211 g/mol. The van der Waals surface area contributed by atoms with Gasteiger partial charge in [0, 0.05) is 6.54 Å². The van der Waals surface area contributed by atoms with Crippen LogP contribution >= 0.6 is 0 Å². The largest absolute Gasteiger partial charge is 0.370 e. The Bertz CT molecular complexity index is 197. The normalized spacial score (nSPS) is 42.0. The molecule has 1 atom stereocenters. The summed E-state index contributed by atoms with van der Waals surface area (Å²) in [6, 6.07) is 0. The minimum absolute atomic E-state index is 0.230. The second-order valence-electron chi connectivity index (χ2n) is 5.40. The third-order valence-electron chi connectivity index (χ3n) is 4.43. The second kappa shape index (κ2) is 4.84. The van der Waals surface area contributed by atoms with Crippen LogP contribution in [0.15, 0.2) is 0 Å². The summed E-state index contributed by atoms with van der Waals surface area (Å²) in [6.45, 7) is 3.02. The fourth-order valence-electron chi connectivity index (χ4n) is 3.27. The SMILES string of the molecule is CCC1CCC2(CCCC(CN)O2)CC1. The Morgan fingerprint density at radius 2 is 1.93 bits per heavy atom. The maximum atomic E-state index is 6.23. The molecule has 1 aliphatic carbocycles. The quantitative estimate of drug-likeness (QED) is 0.762. The maximum Gasteiger partial charge on any atom is 0.0704 e. The molecule has 0 bridgehead atoms. The van der Waals surface area contributed by atoms with Crippen LogP contribution in [-0.2, 0) is 4.74 Å². The molecule has 0 aromatic carbocycles. The van der Waals surface area contributed by atoms with Crippen LogP contribution in [0.5, 0.6) is 0 Å². The van der Waals surface area contributed by atoms with Gasteiger partial charge < -0.3 is 10.5 Å². The lowest BCUT2D eigenvalue weighted by atomic mass is 9.74. The van der Waals surface area contributed by atoms with E-state index < -0.39 is 0 Å². The molecule has 1 heterocycles. The van der Waals surface area contributed by atoms with Gasteiger partial charge in [-0.3, -0.25) is 0 Å². The minimum Gasteiger partial charge on any atom is -0.370 e. The van der Waals surface area contributed by atoms with Crippen molar-refractivity contribution in [3.63, 3.8) is 0 Å². The zero-order chi connectivity index (χ0) is 10.7. The van der Waals surface area contributed by atoms with Gasteiger partial charge in [-0.25, -0.2) is 0 Å². The van der Waals surface area contributed by atoms with Crippen LogP contribution in [0.2, 0.25) is 0 Å². The molecule has 1 unspecified atom stereocenters. The zero-order valence-electron chi connectivity index (χ0n) is 10.0. The van der Waals surface area contributed by atoms with E-state index in [1.807, 2.05) is 0 Å². The molecule has 2 N–H and O–H groups in total. The van der Waals surface area contributed by atoms with Crippen LogP contribution in [0.25, 0.3) is 0 Å². The molecule has 0 amide bonds. The molecule has 0 radical (unpaired) electrons. The number of nitrogens with two attached hydrogens (primary N) is 1. The lowest BCUT2D eigenvalue weighted by Gasteiger charge is -2.45. The van der Waals surface area contributed by atoms with Gasteiger partial charge in [0.1, 0.15) is 0 Å². The van der Waals surface area contributed by atoms with Gasteiger partial charge in [-0.15, -0.1) is 0 Å². The molecule has 2 nitrogen and oxygen atoms in total. The first-order valence-corrected chi connectivity index (χ1v) is 6.66. The van der Waals surface area contributed by atoms with Crippen LogP contribution in [0.3, 0.4) is 0 Å². The number of rotatable bonds is 2. The summed E-state index contributed by atoms with van der Waals surface area (Å²) in [6.07, 6.45) is 10.8. The van der Waals surface area contributed by atoms with E-state index in [9.17, 15) is 0 Å². The first-order chi connectivity index (χ1) is 7.28. The Hall–Kier alpha value is -0.0800. The van der Waals surface area contributed by atoms with Crippen molar-refractivity contribution in [1.82, 2.24) is 0 Å². The molecule has 0 aromatic heterocycles. The van der Waals surface area contributed by atoms with Crippen LogP contribution < -0.4 is 5.73 Å². The fourth-order valence-corrected chi connectivity index (χ4v) is 3.27. The van der Waals surface area contributed by atoms with Gasteiger partial charge in [0.15, 0.2) is 0 Å². The van der Waals surface area contributed by atoms with Crippen molar-refractivity contribution in [2.45, 2.75) is 70.0 Å². The fraction of sp³-hybridized carbons (Fsp3) is 1.00. The van der Waals surface area contributed by atoms with Gasteiger partial charge in [-0.1, -0.05) is 13.3 Å². The van der Waals surface area contributed by atoms with E-state index in [1.165, 1.54) is 51.4 Å². The van der Waals surface area contributed by atoms with Crippen LogP contribution in [0, 0.1) is 5.92 Å². The summed E-state index contributed by atoms with van der Waals surface area (Å²) in [7, 11) is 0. The van der Waals surface area contributed by atoms with Crippen molar-refractivity contribution < 1.29 is 4.74 Å². The van der Waals surface area contributed by atoms with Crippen LogP contribution in [-0.4, -0.2) is 18.2 Å². The van der Waals surface area contributed by atoms with E-state index >= 15 is 0 Å². The smallest absolute Gasteiger partial charge is 0.0704 e. The molecule has 2 fully saturated rings. The van der Waals surface area contributed by atoms with Crippen molar-refractivity contribution in [3.8, 4) is 0 Å². The van der Waals surface area contributed by atoms with E-state index in [4.69, 9.17) is 10.5 Å². The second-order valence-corrected chi connectivity index (χ2v) is 5.40. The molecule has 1 aliphatic heterocycles. The highest BCUT2D eigenvalue weighted by Crippen LogP contribution is 2.42. The summed E-state index contributed by atoms with van der Waals surface area (Å²) < 4.78 is 6.23. The van der Waals surface area contributed by atoms with Gasteiger partial charge in [0.25, 0.3) is 0 Å². The third-order valence-corrected chi connectivity index (χ3v) is 4.43. The maximum absolute atomic E-state index is 6.23. The molecular formula is C13H25NO. The predicted molar refractivity (Wildman–Crippen MR) is 62.8 cm³/mol. The van der Waals surface area contributed by atoms with E-state index in [1.54, 1.807) is 0 Å². The van der Waals surface area contributed by atoms with Crippen molar-refractivity contribution in [2.75, 3.05) is 6.54 Å². The average Bonchev–Trinajstić information content (AvgIpc) is 2.30. The predicted octanol–water partition coefficient (Wildman–Crippen LogP) is 2.85. The van der Waals surface area contributed by atoms with E-state index in [0.29, 0.717) is 12.6 Å². The molecular weight excluding hydrogens is 186 g/mol. The molecule has 88 valence electrons. The summed E-state index contributed by atoms with van der Waals surface area (Å²) in [5, 5.41) is 0. The van der Waals surface area contributed by atoms with Gasteiger partial charge >= 0.3 is 0 Å². The highest BCUT2D eigenvalue weighted by molar-refractivity contribution is 4.91. The van der Waals surface area contributed by atoms with E-state index in [0.717, 1.165) is 5.92 Å². The summed E-state index contributed by atoms with van der Waals surface area (Å²) in [4.78, 5) is 0. The summed E-state index contributed by atoms with van der Waals surface area (Å²) in [5.74, 6) is 0.956. The number of ether oxygens (including phenoxy) is 1.